The highest BCUT2D eigenvalue weighted by Crippen LogP contribution is 2.30. The summed E-state index contributed by atoms with van der Waals surface area (Å²) in [5.74, 6) is -12.4. The van der Waals surface area contributed by atoms with Gasteiger partial charge in [0.1, 0.15) is 0 Å². The second-order valence-corrected chi connectivity index (χ2v) is 8.45. The fourth-order valence-corrected chi connectivity index (χ4v) is 4.03. The summed E-state index contributed by atoms with van der Waals surface area (Å²) in [7, 11) is 0. The number of ether oxygens (including phenoxy) is 1. The first-order chi connectivity index (χ1) is 17.5. The Bertz CT molecular complexity index is 988. The van der Waals surface area contributed by atoms with Gasteiger partial charge in [-0.2, -0.15) is 0 Å². The Labute approximate surface area is 212 Å². The van der Waals surface area contributed by atoms with Crippen molar-refractivity contribution in [2.45, 2.75) is 77.6 Å². The molecule has 1 aromatic carbocycles. The number of unbranched alkanes of at least 4 members (excludes halogenated alkanes) is 10. The van der Waals surface area contributed by atoms with E-state index >= 15 is 0 Å². The predicted molar refractivity (Wildman–Crippen MR) is 128 cm³/mol. The topological polar surface area (TPSA) is 213 Å². The lowest BCUT2D eigenvalue weighted by Crippen LogP contribution is -2.28. The van der Waals surface area contributed by atoms with Crippen LogP contribution < -0.4 is 0 Å². The molecule has 0 heterocycles. The fourth-order valence-electron chi connectivity index (χ4n) is 4.03. The van der Waals surface area contributed by atoms with Crippen LogP contribution >= 0.6 is 0 Å². The lowest BCUT2D eigenvalue weighted by atomic mass is 9.86. The van der Waals surface area contributed by atoms with Gasteiger partial charge in [-0.25, -0.2) is 28.8 Å². The number of aromatic carboxylic acids is 5. The predicted octanol–water partition coefficient (Wildman–Crippen LogP) is 4.65. The van der Waals surface area contributed by atoms with Gasteiger partial charge in [0.05, 0.1) is 40.0 Å². The van der Waals surface area contributed by atoms with Crippen molar-refractivity contribution in [1.29, 1.82) is 0 Å². The van der Waals surface area contributed by atoms with Crippen molar-refractivity contribution < 1.29 is 59.0 Å². The highest BCUT2D eigenvalue weighted by molar-refractivity contribution is 6.23. The molecule has 0 amide bonds. The molecule has 12 heteroatoms. The van der Waals surface area contributed by atoms with E-state index in [1.807, 2.05) is 0 Å². The summed E-state index contributed by atoms with van der Waals surface area (Å²) >= 11 is 0. The summed E-state index contributed by atoms with van der Waals surface area (Å²) in [6.07, 6.45) is 11.0. The SMILES string of the molecule is CCCCCCCCCCCCCOC(=O)c1c(C(=O)O)c(C(=O)O)c(C(=O)O)c(C(=O)O)c1C(=O)O. The summed E-state index contributed by atoms with van der Waals surface area (Å²) < 4.78 is 4.96. The summed E-state index contributed by atoms with van der Waals surface area (Å²) in [6.45, 7) is 1.89. The second kappa shape index (κ2) is 15.2. The van der Waals surface area contributed by atoms with Crippen LogP contribution in [0.1, 0.15) is 140 Å². The molecule has 0 saturated carbocycles. The molecule has 0 unspecified atom stereocenters. The Morgan fingerprint density at radius 2 is 0.730 bits per heavy atom. The minimum atomic E-state index is -2.19. The molecule has 0 aliphatic heterocycles. The first kappa shape index (κ1) is 31.1. The molecule has 0 aliphatic rings. The van der Waals surface area contributed by atoms with Gasteiger partial charge in [-0.15, -0.1) is 0 Å². The molecule has 0 atom stereocenters. The van der Waals surface area contributed by atoms with E-state index in [1.165, 1.54) is 32.1 Å². The summed E-state index contributed by atoms with van der Waals surface area (Å²) in [6, 6.07) is 0. The molecule has 5 N–H and O–H groups in total. The first-order valence-corrected chi connectivity index (χ1v) is 12.0. The molecule has 0 aromatic heterocycles. The van der Waals surface area contributed by atoms with Crippen LogP contribution in [0.5, 0.6) is 0 Å². The number of hydrogen-bond donors (Lipinski definition) is 5. The smallest absolute Gasteiger partial charge is 0.339 e. The third-order valence-corrected chi connectivity index (χ3v) is 5.75. The van der Waals surface area contributed by atoms with Crippen molar-refractivity contribution in [2.24, 2.45) is 0 Å². The molecule has 0 fully saturated rings. The zero-order valence-electron chi connectivity index (χ0n) is 20.6. The molecule has 0 radical (unpaired) electrons. The van der Waals surface area contributed by atoms with E-state index in [1.54, 1.807) is 0 Å². The number of carboxylic acid groups (broad SMARTS) is 5. The van der Waals surface area contributed by atoms with E-state index in [9.17, 15) is 54.3 Å². The monoisotopic (exact) mass is 524 g/mol. The van der Waals surface area contributed by atoms with Crippen molar-refractivity contribution in [2.75, 3.05) is 6.61 Å². The van der Waals surface area contributed by atoms with Gasteiger partial charge in [0.15, 0.2) is 0 Å². The number of esters is 1. The number of rotatable bonds is 18. The Balaban J connectivity index is 3.07. The van der Waals surface area contributed by atoms with Gasteiger partial charge in [0.2, 0.25) is 0 Å². The maximum atomic E-state index is 12.7. The Morgan fingerprint density at radius 3 is 1.03 bits per heavy atom. The highest BCUT2D eigenvalue weighted by Gasteiger charge is 2.41. The quantitative estimate of drug-likeness (QED) is 0.131. The number of hydrogen-bond acceptors (Lipinski definition) is 7. The van der Waals surface area contributed by atoms with Crippen molar-refractivity contribution in [1.82, 2.24) is 0 Å². The average Bonchev–Trinajstić information content (AvgIpc) is 2.82. The number of carbonyl (C=O) groups is 6. The molecule has 0 spiro atoms. The maximum Gasteiger partial charge on any atom is 0.339 e. The van der Waals surface area contributed by atoms with Crippen LogP contribution in [-0.4, -0.2) is 68.0 Å². The zero-order chi connectivity index (χ0) is 28.1. The fraction of sp³-hybridized carbons (Fsp3) is 0.520. The lowest BCUT2D eigenvalue weighted by Gasteiger charge is -2.17. The third-order valence-electron chi connectivity index (χ3n) is 5.75. The molecular formula is C25H32O12. The Hall–Kier alpha value is -3.96. The number of carboxylic acids is 5. The van der Waals surface area contributed by atoms with Crippen molar-refractivity contribution in [3.63, 3.8) is 0 Å². The largest absolute Gasteiger partial charge is 0.478 e. The average molecular weight is 525 g/mol. The maximum absolute atomic E-state index is 12.7. The van der Waals surface area contributed by atoms with Gasteiger partial charge >= 0.3 is 35.8 Å². The van der Waals surface area contributed by atoms with Crippen molar-refractivity contribution in [3.8, 4) is 0 Å². The van der Waals surface area contributed by atoms with Crippen LogP contribution in [0.4, 0.5) is 0 Å². The minimum Gasteiger partial charge on any atom is -0.478 e. The standard InChI is InChI=1S/C25H32O12/c1-2-3-4-5-6-7-8-9-10-11-12-13-37-25(36)19-17(23(32)33)15(21(28)29)14(20(26)27)16(22(30)31)18(19)24(34)35/h2-13H2,1H3,(H,26,27)(H,28,29)(H,30,31)(H,32,33)(H,34,35). The molecule has 0 bridgehead atoms. The van der Waals surface area contributed by atoms with E-state index in [0.29, 0.717) is 12.8 Å². The van der Waals surface area contributed by atoms with Crippen LogP contribution in [0, 0.1) is 0 Å². The highest BCUT2D eigenvalue weighted by atomic mass is 16.5. The van der Waals surface area contributed by atoms with Gasteiger partial charge in [-0.3, -0.25) is 0 Å². The molecular weight excluding hydrogens is 492 g/mol. The molecule has 12 nitrogen and oxygen atoms in total. The van der Waals surface area contributed by atoms with E-state index < -0.39 is 69.2 Å². The lowest BCUT2D eigenvalue weighted by molar-refractivity contribution is 0.0474. The second-order valence-electron chi connectivity index (χ2n) is 8.45. The van der Waals surface area contributed by atoms with E-state index in [2.05, 4.69) is 6.92 Å². The third kappa shape index (κ3) is 8.58. The van der Waals surface area contributed by atoms with Gasteiger partial charge in [-0.05, 0) is 6.42 Å². The minimum absolute atomic E-state index is 0.264. The molecule has 0 aliphatic carbocycles. The van der Waals surface area contributed by atoms with Crippen LogP contribution in [-0.2, 0) is 4.74 Å². The Kier molecular flexibility index (Phi) is 12.8. The van der Waals surface area contributed by atoms with Crippen molar-refractivity contribution >= 4 is 35.8 Å². The van der Waals surface area contributed by atoms with E-state index in [4.69, 9.17) is 4.74 Å². The molecule has 1 aromatic rings. The summed E-state index contributed by atoms with van der Waals surface area (Å²) in [4.78, 5) is 71.6. The van der Waals surface area contributed by atoms with Gasteiger partial charge < -0.3 is 30.3 Å². The normalized spacial score (nSPS) is 10.6. The van der Waals surface area contributed by atoms with Crippen LogP contribution in [0.2, 0.25) is 0 Å². The molecule has 37 heavy (non-hydrogen) atoms. The Morgan fingerprint density at radius 1 is 0.459 bits per heavy atom. The van der Waals surface area contributed by atoms with Crippen LogP contribution in [0.3, 0.4) is 0 Å². The van der Waals surface area contributed by atoms with Crippen molar-refractivity contribution in [3.05, 3.63) is 33.4 Å². The molecule has 0 saturated heterocycles. The van der Waals surface area contributed by atoms with E-state index in [-0.39, 0.29) is 6.61 Å². The number of benzene rings is 1. The zero-order valence-corrected chi connectivity index (χ0v) is 20.6. The van der Waals surface area contributed by atoms with Gasteiger partial charge in [0, 0.05) is 0 Å². The summed E-state index contributed by atoms with van der Waals surface area (Å²) in [5.41, 5.74) is -8.94. The molecule has 1 rings (SSSR count). The number of carbonyl (C=O) groups excluding carboxylic acids is 1. The van der Waals surface area contributed by atoms with E-state index in [0.717, 1.165) is 25.7 Å². The first-order valence-electron chi connectivity index (χ1n) is 12.0. The molecule has 204 valence electrons. The van der Waals surface area contributed by atoms with Crippen LogP contribution in [0.15, 0.2) is 0 Å². The van der Waals surface area contributed by atoms with Crippen LogP contribution in [0.25, 0.3) is 0 Å². The van der Waals surface area contributed by atoms with Gasteiger partial charge in [-0.1, -0.05) is 71.1 Å². The summed E-state index contributed by atoms with van der Waals surface area (Å²) in [5, 5.41) is 47.4. The van der Waals surface area contributed by atoms with Gasteiger partial charge in [0.25, 0.3) is 0 Å².